The Morgan fingerprint density at radius 2 is 1.88 bits per heavy atom. The second-order valence-corrected chi connectivity index (χ2v) is 7.95. The summed E-state index contributed by atoms with van der Waals surface area (Å²) in [7, 11) is -2.10. The molecule has 1 saturated heterocycles. The summed E-state index contributed by atoms with van der Waals surface area (Å²) >= 11 is 0. The van der Waals surface area contributed by atoms with Gasteiger partial charge in [-0.1, -0.05) is 6.92 Å². The van der Waals surface area contributed by atoms with Crippen molar-refractivity contribution in [2.24, 2.45) is 0 Å². The van der Waals surface area contributed by atoms with Crippen LogP contribution < -0.4 is 9.64 Å². The van der Waals surface area contributed by atoms with Crippen LogP contribution in [0.5, 0.6) is 5.75 Å². The summed E-state index contributed by atoms with van der Waals surface area (Å²) in [5, 5.41) is 0. The van der Waals surface area contributed by atoms with Crippen LogP contribution in [-0.2, 0) is 19.6 Å². The van der Waals surface area contributed by atoms with Gasteiger partial charge in [-0.15, -0.1) is 0 Å². The van der Waals surface area contributed by atoms with E-state index in [0.29, 0.717) is 30.9 Å². The van der Waals surface area contributed by atoms with Crippen LogP contribution in [0.4, 0.5) is 5.69 Å². The van der Waals surface area contributed by atoms with Gasteiger partial charge in [0, 0.05) is 39.6 Å². The summed E-state index contributed by atoms with van der Waals surface area (Å²) < 4.78 is 32.5. The summed E-state index contributed by atoms with van der Waals surface area (Å²) in [4.78, 5) is 26.7. The molecule has 2 aliphatic rings. The fourth-order valence-corrected chi connectivity index (χ4v) is 4.41. The van der Waals surface area contributed by atoms with Gasteiger partial charge in [0.1, 0.15) is 5.75 Å². The second kappa shape index (κ2) is 6.64. The third-order valence-electron chi connectivity index (χ3n) is 4.55. The second-order valence-electron chi connectivity index (χ2n) is 6.01. The molecule has 0 unspecified atom stereocenters. The first kappa shape index (κ1) is 17.7. The highest BCUT2D eigenvalue weighted by Gasteiger charge is 2.31. The quantitative estimate of drug-likeness (QED) is 0.766. The average molecular weight is 367 g/mol. The summed E-state index contributed by atoms with van der Waals surface area (Å²) in [6, 6.07) is 4.52. The lowest BCUT2D eigenvalue weighted by molar-refractivity contribution is -0.132. The number of benzene rings is 1. The lowest BCUT2D eigenvalue weighted by atomic mass is 10.2. The van der Waals surface area contributed by atoms with Gasteiger partial charge in [-0.2, -0.15) is 4.31 Å². The van der Waals surface area contributed by atoms with Crippen LogP contribution >= 0.6 is 0 Å². The SMILES string of the molecule is CCC(=O)N1CCN(S(=O)(=O)c2ccc3c(c2)N(C)C(=O)CO3)CC1. The van der Waals surface area contributed by atoms with Crippen molar-refractivity contribution in [3.05, 3.63) is 18.2 Å². The van der Waals surface area contributed by atoms with Crippen molar-refractivity contribution in [3.8, 4) is 5.75 Å². The highest BCUT2D eigenvalue weighted by molar-refractivity contribution is 7.89. The molecule has 8 nitrogen and oxygen atoms in total. The Labute approximate surface area is 147 Å². The normalized spacial score (nSPS) is 18.7. The molecule has 0 aromatic heterocycles. The molecule has 0 radical (unpaired) electrons. The molecule has 2 aliphatic heterocycles. The predicted molar refractivity (Wildman–Crippen MR) is 91.0 cm³/mol. The number of hydrogen-bond donors (Lipinski definition) is 0. The van der Waals surface area contributed by atoms with Crippen molar-refractivity contribution in [1.29, 1.82) is 0 Å². The van der Waals surface area contributed by atoms with Crippen LogP contribution in [0.1, 0.15) is 13.3 Å². The van der Waals surface area contributed by atoms with Crippen molar-refractivity contribution >= 4 is 27.5 Å². The predicted octanol–water partition coefficient (Wildman–Crippen LogP) is 0.285. The zero-order chi connectivity index (χ0) is 18.2. The van der Waals surface area contributed by atoms with E-state index < -0.39 is 10.0 Å². The Bertz CT molecular complexity index is 800. The van der Waals surface area contributed by atoms with Crippen LogP contribution in [-0.4, -0.2) is 69.3 Å². The van der Waals surface area contributed by atoms with Gasteiger partial charge in [-0.25, -0.2) is 8.42 Å². The Kier molecular flexibility index (Phi) is 4.70. The highest BCUT2D eigenvalue weighted by atomic mass is 32.2. The van der Waals surface area contributed by atoms with Crippen LogP contribution in [0.25, 0.3) is 0 Å². The Hall–Kier alpha value is -2.13. The third kappa shape index (κ3) is 3.21. The maximum atomic E-state index is 12.9. The molecule has 0 aliphatic carbocycles. The summed E-state index contributed by atoms with van der Waals surface area (Å²) in [6.45, 7) is 3.03. The van der Waals surface area contributed by atoms with Crippen molar-refractivity contribution in [3.63, 3.8) is 0 Å². The number of fused-ring (bicyclic) bond motifs is 1. The van der Waals surface area contributed by atoms with E-state index in [4.69, 9.17) is 4.74 Å². The first-order valence-electron chi connectivity index (χ1n) is 8.16. The van der Waals surface area contributed by atoms with Gasteiger partial charge in [-0.3, -0.25) is 9.59 Å². The smallest absolute Gasteiger partial charge is 0.264 e. The molecule has 0 spiro atoms. The topological polar surface area (TPSA) is 87.2 Å². The third-order valence-corrected chi connectivity index (χ3v) is 6.44. The molecular weight excluding hydrogens is 346 g/mol. The number of carbonyl (C=O) groups excluding carboxylic acids is 2. The van der Waals surface area contributed by atoms with Crippen molar-refractivity contribution in [2.45, 2.75) is 18.2 Å². The number of carbonyl (C=O) groups is 2. The van der Waals surface area contributed by atoms with E-state index in [1.807, 2.05) is 0 Å². The molecule has 0 atom stereocenters. The largest absolute Gasteiger partial charge is 0.482 e. The fourth-order valence-electron chi connectivity index (χ4n) is 2.96. The van der Waals surface area contributed by atoms with Gasteiger partial charge in [0.15, 0.2) is 6.61 Å². The highest BCUT2D eigenvalue weighted by Crippen LogP contribution is 2.34. The molecular formula is C16H21N3O5S. The molecule has 3 rings (SSSR count). The number of ether oxygens (including phenoxy) is 1. The molecule has 0 bridgehead atoms. The average Bonchev–Trinajstić information content (AvgIpc) is 2.64. The van der Waals surface area contributed by atoms with Crippen molar-refractivity contribution < 1.29 is 22.7 Å². The molecule has 1 fully saturated rings. The van der Waals surface area contributed by atoms with E-state index in [0.717, 1.165) is 0 Å². The summed E-state index contributed by atoms with van der Waals surface area (Å²) in [6.07, 6.45) is 0.415. The molecule has 1 aromatic carbocycles. The van der Waals surface area contributed by atoms with E-state index in [-0.39, 0.29) is 36.4 Å². The molecule has 2 amide bonds. The molecule has 9 heteroatoms. The van der Waals surface area contributed by atoms with Crippen LogP contribution in [0.15, 0.2) is 23.1 Å². The molecule has 1 aromatic rings. The van der Waals surface area contributed by atoms with Crippen LogP contribution in [0, 0.1) is 0 Å². The van der Waals surface area contributed by atoms with Crippen LogP contribution in [0.2, 0.25) is 0 Å². The van der Waals surface area contributed by atoms with Gasteiger partial charge in [0.05, 0.1) is 10.6 Å². The molecule has 0 N–H and O–H groups in total. The minimum atomic E-state index is -3.69. The van der Waals surface area contributed by atoms with Gasteiger partial charge in [0.25, 0.3) is 5.91 Å². The van der Waals surface area contributed by atoms with E-state index in [2.05, 4.69) is 0 Å². The first-order valence-corrected chi connectivity index (χ1v) is 9.60. The molecule has 2 heterocycles. The Morgan fingerprint density at radius 1 is 1.20 bits per heavy atom. The maximum absolute atomic E-state index is 12.9. The van der Waals surface area contributed by atoms with Gasteiger partial charge >= 0.3 is 0 Å². The minimum Gasteiger partial charge on any atom is -0.482 e. The number of likely N-dealkylation sites (N-methyl/N-ethyl adjacent to an activating group) is 1. The number of sulfonamides is 1. The lowest BCUT2D eigenvalue weighted by Crippen LogP contribution is -2.50. The van der Waals surface area contributed by atoms with Crippen molar-refractivity contribution in [1.82, 2.24) is 9.21 Å². The number of rotatable bonds is 3. The molecule has 136 valence electrons. The zero-order valence-electron chi connectivity index (χ0n) is 14.3. The van der Waals surface area contributed by atoms with Crippen LogP contribution in [0.3, 0.4) is 0 Å². The standard InChI is InChI=1S/C16H21N3O5S/c1-3-15(20)18-6-8-19(9-7-18)25(22,23)12-4-5-14-13(10-12)17(2)16(21)11-24-14/h4-5,10H,3,6-9,11H2,1-2H3. The van der Waals surface area contributed by atoms with E-state index >= 15 is 0 Å². The first-order chi connectivity index (χ1) is 11.8. The van der Waals surface area contributed by atoms with Crippen molar-refractivity contribution in [2.75, 3.05) is 44.7 Å². The zero-order valence-corrected chi connectivity index (χ0v) is 15.1. The summed E-state index contributed by atoms with van der Waals surface area (Å²) in [5.41, 5.74) is 0.442. The minimum absolute atomic E-state index is 0.0307. The summed E-state index contributed by atoms with van der Waals surface area (Å²) in [5.74, 6) is 0.288. The van der Waals surface area contributed by atoms with Gasteiger partial charge in [0.2, 0.25) is 15.9 Å². The molecule has 0 saturated carbocycles. The monoisotopic (exact) mass is 367 g/mol. The van der Waals surface area contributed by atoms with Gasteiger partial charge in [-0.05, 0) is 18.2 Å². The van der Waals surface area contributed by atoms with E-state index in [1.54, 1.807) is 24.9 Å². The maximum Gasteiger partial charge on any atom is 0.264 e. The van der Waals surface area contributed by atoms with Gasteiger partial charge < -0.3 is 14.5 Å². The number of piperazine rings is 1. The number of anilines is 1. The van der Waals surface area contributed by atoms with E-state index in [9.17, 15) is 18.0 Å². The molecule has 25 heavy (non-hydrogen) atoms. The number of hydrogen-bond acceptors (Lipinski definition) is 5. The Balaban J connectivity index is 1.82. The van der Waals surface area contributed by atoms with E-state index in [1.165, 1.54) is 21.3 Å². The lowest BCUT2D eigenvalue weighted by Gasteiger charge is -2.34. The fraction of sp³-hybridized carbons (Fsp3) is 0.500. The number of nitrogens with zero attached hydrogens (tertiary/aromatic N) is 3. The Morgan fingerprint density at radius 3 is 2.52 bits per heavy atom. The number of amides is 2.